The average Bonchev–Trinajstić information content (AvgIpc) is 2.92. The summed E-state index contributed by atoms with van der Waals surface area (Å²) in [5.74, 6) is -1.34. The summed E-state index contributed by atoms with van der Waals surface area (Å²) in [5, 5.41) is 91.5. The fourth-order valence-electron chi connectivity index (χ4n) is 4.37. The fourth-order valence-corrected chi connectivity index (χ4v) is 4.37. The molecule has 1 unspecified atom stereocenters. The number of hydrogen-bond acceptors (Lipinski definition) is 14. The molecule has 9 N–H and O–H groups in total. The van der Waals surface area contributed by atoms with Crippen LogP contribution >= 0.6 is 0 Å². The molecule has 1 fully saturated rings. The number of aromatic hydroxyl groups is 2. The summed E-state index contributed by atoms with van der Waals surface area (Å²) in [4.78, 5) is 12.9. The summed E-state index contributed by atoms with van der Waals surface area (Å²) < 4.78 is 22.0. The van der Waals surface area contributed by atoms with E-state index in [0.717, 1.165) is 26.2 Å². The molecule has 9 atom stereocenters. The highest BCUT2D eigenvalue weighted by Gasteiger charge is 2.50. The van der Waals surface area contributed by atoms with Crippen molar-refractivity contribution in [3.8, 4) is 34.3 Å². The number of benzene rings is 2. The van der Waals surface area contributed by atoms with Crippen LogP contribution in [0.1, 0.15) is 6.92 Å². The summed E-state index contributed by atoms with van der Waals surface area (Å²) in [5.41, 5.74) is -0.401. The molecule has 40 heavy (non-hydrogen) atoms. The Morgan fingerprint density at radius 2 is 1.55 bits per heavy atom. The predicted octanol–water partition coefficient (Wildman–Crippen LogP) is -1.47. The van der Waals surface area contributed by atoms with Gasteiger partial charge in [-0.15, -0.1) is 0 Å². The molecule has 14 heteroatoms. The molecule has 2 heterocycles. The standard InChI is InChI=1S/C26H30O14/c1-9(27)17(30)19(32)21(34)25-22(35)20(33)23(36)26(40-25)39-15-8-14-16(18(31)24(15)37-2)12(29)7-13(38-14)10-3-5-11(28)6-4-10/h3-9,17,19-23,25-28,30-36H,1-2H3/t9-,17-,19+,20+,21-,22+,23-,25-,26?/m1/s1. The van der Waals surface area contributed by atoms with Gasteiger partial charge in [-0.1, -0.05) is 0 Å². The first-order valence-electron chi connectivity index (χ1n) is 12.1. The molecule has 1 aliphatic rings. The molecule has 1 saturated heterocycles. The van der Waals surface area contributed by atoms with Gasteiger partial charge in [0.25, 0.3) is 0 Å². The third-order valence-electron chi connectivity index (χ3n) is 6.65. The number of phenols is 2. The number of fused-ring (bicyclic) bond motifs is 1. The summed E-state index contributed by atoms with van der Waals surface area (Å²) in [6, 6.07) is 8.01. The highest BCUT2D eigenvalue weighted by atomic mass is 16.7. The van der Waals surface area contributed by atoms with Crippen LogP contribution in [0.15, 0.2) is 45.6 Å². The van der Waals surface area contributed by atoms with Gasteiger partial charge in [0, 0.05) is 17.7 Å². The number of methoxy groups -OCH3 is 1. The molecular weight excluding hydrogens is 536 g/mol. The van der Waals surface area contributed by atoms with Gasteiger partial charge in [0.15, 0.2) is 16.9 Å². The van der Waals surface area contributed by atoms with E-state index in [4.69, 9.17) is 18.6 Å². The number of hydrogen-bond donors (Lipinski definition) is 9. The highest BCUT2D eigenvalue weighted by Crippen LogP contribution is 2.43. The van der Waals surface area contributed by atoms with E-state index in [1.54, 1.807) is 0 Å². The first-order chi connectivity index (χ1) is 18.8. The van der Waals surface area contributed by atoms with Gasteiger partial charge in [-0.05, 0) is 31.2 Å². The van der Waals surface area contributed by atoms with E-state index < -0.39 is 66.3 Å². The summed E-state index contributed by atoms with van der Waals surface area (Å²) >= 11 is 0. The smallest absolute Gasteiger partial charge is 0.229 e. The Morgan fingerprint density at radius 1 is 0.900 bits per heavy atom. The minimum atomic E-state index is -2.06. The second-order valence-electron chi connectivity index (χ2n) is 9.42. The van der Waals surface area contributed by atoms with Crippen molar-refractivity contribution in [3.05, 3.63) is 46.6 Å². The van der Waals surface area contributed by atoms with E-state index in [0.29, 0.717) is 5.56 Å². The van der Waals surface area contributed by atoms with Crippen LogP contribution in [0.25, 0.3) is 22.3 Å². The summed E-state index contributed by atoms with van der Waals surface area (Å²) in [6.45, 7) is 1.15. The zero-order valence-electron chi connectivity index (χ0n) is 21.2. The Balaban J connectivity index is 1.72. The Labute approximate surface area is 226 Å². The van der Waals surface area contributed by atoms with Gasteiger partial charge >= 0.3 is 0 Å². The molecule has 1 aliphatic heterocycles. The van der Waals surface area contributed by atoms with Crippen molar-refractivity contribution >= 4 is 11.0 Å². The van der Waals surface area contributed by atoms with E-state index in [9.17, 15) is 50.8 Å². The Morgan fingerprint density at radius 3 is 2.15 bits per heavy atom. The van der Waals surface area contributed by atoms with Crippen molar-refractivity contribution < 1.29 is 64.6 Å². The minimum Gasteiger partial charge on any atom is -0.508 e. The van der Waals surface area contributed by atoms with Crippen molar-refractivity contribution in [2.45, 2.75) is 62.0 Å². The van der Waals surface area contributed by atoms with Gasteiger partial charge in [0.1, 0.15) is 65.2 Å². The van der Waals surface area contributed by atoms with Crippen molar-refractivity contribution in [1.82, 2.24) is 0 Å². The highest BCUT2D eigenvalue weighted by molar-refractivity contribution is 5.89. The van der Waals surface area contributed by atoms with Crippen LogP contribution in [0.5, 0.6) is 23.0 Å². The van der Waals surface area contributed by atoms with E-state index >= 15 is 0 Å². The zero-order valence-corrected chi connectivity index (χ0v) is 21.2. The van der Waals surface area contributed by atoms with Crippen molar-refractivity contribution in [2.75, 3.05) is 7.11 Å². The third-order valence-corrected chi connectivity index (χ3v) is 6.65. The van der Waals surface area contributed by atoms with E-state index in [1.165, 1.54) is 24.3 Å². The van der Waals surface area contributed by atoms with Crippen molar-refractivity contribution in [1.29, 1.82) is 0 Å². The van der Waals surface area contributed by atoms with Crippen molar-refractivity contribution in [3.63, 3.8) is 0 Å². The fraction of sp³-hybridized carbons (Fsp3) is 0.423. The molecule has 0 aliphatic carbocycles. The lowest BCUT2D eigenvalue weighted by Gasteiger charge is -2.43. The normalized spacial score (nSPS) is 26.2. The Bertz CT molecular complexity index is 1390. The van der Waals surface area contributed by atoms with Crippen LogP contribution in [-0.2, 0) is 4.74 Å². The lowest BCUT2D eigenvalue weighted by molar-refractivity contribution is -0.298. The van der Waals surface area contributed by atoms with Gasteiger partial charge in [-0.2, -0.15) is 0 Å². The Kier molecular flexibility index (Phi) is 8.53. The van der Waals surface area contributed by atoms with Crippen LogP contribution in [-0.4, -0.2) is 108 Å². The second kappa shape index (κ2) is 11.6. The lowest BCUT2D eigenvalue weighted by atomic mass is 9.90. The number of ether oxygens (including phenoxy) is 3. The maximum Gasteiger partial charge on any atom is 0.229 e. The molecule has 14 nitrogen and oxygen atoms in total. The largest absolute Gasteiger partial charge is 0.508 e. The van der Waals surface area contributed by atoms with Crippen LogP contribution in [0, 0.1) is 0 Å². The van der Waals surface area contributed by atoms with Gasteiger partial charge < -0.3 is 64.6 Å². The summed E-state index contributed by atoms with van der Waals surface area (Å²) in [7, 11) is 1.15. The molecule has 0 amide bonds. The molecule has 0 spiro atoms. The van der Waals surface area contributed by atoms with Crippen LogP contribution in [0.4, 0.5) is 0 Å². The molecular formula is C26H30O14. The molecule has 0 radical (unpaired) electrons. The molecule has 2 aromatic carbocycles. The van der Waals surface area contributed by atoms with Gasteiger partial charge in [-0.25, -0.2) is 0 Å². The van der Waals surface area contributed by atoms with E-state index in [-0.39, 0.29) is 34.0 Å². The van der Waals surface area contributed by atoms with Gasteiger partial charge in [0.05, 0.1) is 13.2 Å². The maximum atomic E-state index is 12.9. The zero-order chi connectivity index (χ0) is 29.5. The first-order valence-corrected chi connectivity index (χ1v) is 12.1. The molecule has 218 valence electrons. The topological polar surface area (TPSA) is 240 Å². The lowest BCUT2D eigenvalue weighted by Crippen LogP contribution is -2.64. The van der Waals surface area contributed by atoms with Crippen LogP contribution < -0.4 is 14.9 Å². The monoisotopic (exact) mass is 566 g/mol. The van der Waals surface area contributed by atoms with E-state index in [1.807, 2.05) is 0 Å². The van der Waals surface area contributed by atoms with Crippen LogP contribution in [0.2, 0.25) is 0 Å². The number of phenolic OH excluding ortho intramolecular Hbond substituents is 2. The first kappa shape index (κ1) is 29.5. The molecule has 4 rings (SSSR count). The van der Waals surface area contributed by atoms with Gasteiger partial charge in [-0.3, -0.25) is 4.79 Å². The SMILES string of the molecule is COc1c(OC2O[C@H]([C@H](O)[C@@H](O)[C@H](O)[C@@H](C)O)[C@@H](O)[C@H](O)[C@H]2O)cc2oc(-c3ccc(O)cc3)cc(=O)c2c1O. The van der Waals surface area contributed by atoms with E-state index in [2.05, 4.69) is 0 Å². The third kappa shape index (κ3) is 5.43. The minimum absolute atomic E-state index is 0.0142. The maximum absolute atomic E-state index is 12.9. The average molecular weight is 567 g/mol. The van der Waals surface area contributed by atoms with Crippen LogP contribution in [0.3, 0.4) is 0 Å². The number of aliphatic hydroxyl groups excluding tert-OH is 7. The molecule has 3 aromatic rings. The number of aliphatic hydroxyl groups is 7. The van der Waals surface area contributed by atoms with Gasteiger partial charge in [0.2, 0.25) is 12.0 Å². The quantitative estimate of drug-likeness (QED) is 0.151. The summed E-state index contributed by atoms with van der Waals surface area (Å²) in [6.07, 6.45) is -17.0. The second-order valence-corrected chi connectivity index (χ2v) is 9.42. The molecule has 1 aromatic heterocycles. The Hall–Kier alpha value is -3.47. The van der Waals surface area contributed by atoms with Crippen molar-refractivity contribution in [2.24, 2.45) is 0 Å². The molecule has 0 bridgehead atoms. The molecule has 0 saturated carbocycles. The number of rotatable bonds is 8. The predicted molar refractivity (Wildman–Crippen MR) is 135 cm³/mol.